The van der Waals surface area contributed by atoms with Crippen LogP contribution in [0.5, 0.6) is 11.5 Å². The molecule has 0 saturated heterocycles. The molecule has 3 rings (SSSR count). The Morgan fingerprint density at radius 2 is 1.93 bits per heavy atom. The van der Waals surface area contributed by atoms with Crippen LogP contribution in [0.25, 0.3) is 10.2 Å². The lowest BCUT2D eigenvalue weighted by atomic mass is 10.2. The molecular formula is C23H29N3O3S. The molecule has 0 aliphatic heterocycles. The van der Waals surface area contributed by atoms with Crippen molar-refractivity contribution in [1.82, 2.24) is 9.88 Å². The number of carbonyl (C=O) groups excluding carboxylic acids is 1. The van der Waals surface area contributed by atoms with Crippen LogP contribution in [0.1, 0.15) is 17.5 Å². The second-order valence-corrected chi connectivity index (χ2v) is 8.54. The number of thiazole rings is 1. The third-order valence-electron chi connectivity index (χ3n) is 4.78. The van der Waals surface area contributed by atoms with Gasteiger partial charge in [0.2, 0.25) is 0 Å². The third kappa shape index (κ3) is 5.29. The summed E-state index contributed by atoms with van der Waals surface area (Å²) in [7, 11) is 5.69. The minimum absolute atomic E-state index is 0.0303. The Morgan fingerprint density at radius 3 is 2.63 bits per heavy atom. The number of hydrogen-bond donors (Lipinski definition) is 0. The summed E-state index contributed by atoms with van der Waals surface area (Å²) in [5.41, 5.74) is 3.00. The molecule has 0 unspecified atom stereocenters. The number of hydrogen-bond acceptors (Lipinski definition) is 6. The van der Waals surface area contributed by atoms with Crippen LogP contribution in [0, 0.1) is 13.8 Å². The number of ether oxygens (including phenoxy) is 2. The summed E-state index contributed by atoms with van der Waals surface area (Å²) in [5, 5.41) is 0.675. The van der Waals surface area contributed by atoms with E-state index in [1.54, 1.807) is 12.0 Å². The highest BCUT2D eigenvalue weighted by molar-refractivity contribution is 7.22. The second-order valence-electron chi connectivity index (χ2n) is 7.57. The van der Waals surface area contributed by atoms with Crippen molar-refractivity contribution >= 4 is 32.6 Å². The first-order valence-electron chi connectivity index (χ1n) is 9.97. The molecule has 0 bridgehead atoms. The molecule has 0 atom stereocenters. The molecule has 0 aliphatic carbocycles. The van der Waals surface area contributed by atoms with Crippen molar-refractivity contribution in [1.29, 1.82) is 0 Å². The van der Waals surface area contributed by atoms with Crippen LogP contribution in [0.15, 0.2) is 36.4 Å². The van der Waals surface area contributed by atoms with Crippen molar-refractivity contribution in [2.24, 2.45) is 0 Å². The van der Waals surface area contributed by atoms with E-state index in [9.17, 15) is 4.79 Å². The lowest BCUT2D eigenvalue weighted by molar-refractivity contribution is -0.120. The quantitative estimate of drug-likeness (QED) is 0.510. The Kier molecular flexibility index (Phi) is 7.29. The molecule has 0 radical (unpaired) electrons. The number of methoxy groups -OCH3 is 1. The molecular weight excluding hydrogens is 398 g/mol. The summed E-state index contributed by atoms with van der Waals surface area (Å²) in [6.45, 7) is 5.48. The molecule has 0 spiro atoms. The third-order valence-corrected chi connectivity index (χ3v) is 6.00. The highest BCUT2D eigenvalue weighted by Crippen LogP contribution is 2.36. The van der Waals surface area contributed by atoms with E-state index < -0.39 is 0 Å². The zero-order valence-corrected chi connectivity index (χ0v) is 19.1. The first-order chi connectivity index (χ1) is 14.4. The standard InChI is InChI=1S/C23H29N3O3S/c1-16-8-6-9-18(14-16)29-15-20(27)26(13-7-12-25(3)4)23-24-21-19(28-5)11-10-17(2)22(21)30-23/h6,8-11,14H,7,12-13,15H2,1-5H3. The smallest absolute Gasteiger partial charge is 0.266 e. The van der Waals surface area contributed by atoms with Gasteiger partial charge in [-0.15, -0.1) is 0 Å². The van der Waals surface area contributed by atoms with E-state index in [-0.39, 0.29) is 12.5 Å². The van der Waals surface area contributed by atoms with Crippen molar-refractivity contribution in [3.63, 3.8) is 0 Å². The number of carbonyl (C=O) groups is 1. The molecule has 160 valence electrons. The highest BCUT2D eigenvalue weighted by atomic mass is 32.1. The number of anilines is 1. The number of fused-ring (bicyclic) bond motifs is 1. The average Bonchev–Trinajstić information content (AvgIpc) is 3.15. The molecule has 2 aromatic carbocycles. The normalized spacial score (nSPS) is 11.1. The van der Waals surface area contributed by atoms with Gasteiger partial charge in [0.05, 0.1) is 11.8 Å². The molecule has 7 heteroatoms. The Balaban J connectivity index is 1.85. The van der Waals surface area contributed by atoms with E-state index in [2.05, 4.69) is 4.90 Å². The monoisotopic (exact) mass is 427 g/mol. The van der Waals surface area contributed by atoms with Crippen molar-refractivity contribution in [3.8, 4) is 11.5 Å². The van der Waals surface area contributed by atoms with Gasteiger partial charge in [0.15, 0.2) is 11.7 Å². The van der Waals surface area contributed by atoms with Crippen molar-refractivity contribution in [2.45, 2.75) is 20.3 Å². The van der Waals surface area contributed by atoms with Gasteiger partial charge in [0.25, 0.3) is 5.91 Å². The predicted molar refractivity (Wildman–Crippen MR) is 123 cm³/mol. The second kappa shape index (κ2) is 9.91. The maximum absolute atomic E-state index is 13.1. The van der Waals surface area contributed by atoms with Crippen LogP contribution in [-0.2, 0) is 4.79 Å². The zero-order chi connectivity index (χ0) is 21.7. The molecule has 0 aliphatic rings. The summed E-state index contributed by atoms with van der Waals surface area (Å²) in [6.07, 6.45) is 0.842. The summed E-state index contributed by atoms with van der Waals surface area (Å²) in [6, 6.07) is 11.6. The van der Waals surface area contributed by atoms with Crippen molar-refractivity contribution in [2.75, 3.05) is 45.8 Å². The fourth-order valence-corrected chi connectivity index (χ4v) is 4.27. The molecule has 0 fully saturated rings. The van der Waals surface area contributed by atoms with Crippen LogP contribution in [0.3, 0.4) is 0 Å². The lowest BCUT2D eigenvalue weighted by Crippen LogP contribution is -2.36. The fraction of sp³-hybridized carbons (Fsp3) is 0.391. The Hall–Kier alpha value is -2.64. The van der Waals surface area contributed by atoms with Gasteiger partial charge in [-0.3, -0.25) is 9.69 Å². The molecule has 0 N–H and O–H groups in total. The van der Waals surface area contributed by atoms with Crippen LogP contribution in [-0.4, -0.2) is 56.7 Å². The van der Waals surface area contributed by atoms with Crippen LogP contribution in [0.2, 0.25) is 0 Å². The fourth-order valence-electron chi connectivity index (χ4n) is 3.18. The molecule has 6 nitrogen and oxygen atoms in total. The van der Waals surface area contributed by atoms with Gasteiger partial charge in [0, 0.05) is 6.54 Å². The molecule has 0 saturated carbocycles. The largest absolute Gasteiger partial charge is 0.494 e. The minimum atomic E-state index is -0.106. The van der Waals surface area contributed by atoms with E-state index in [1.165, 1.54) is 11.3 Å². The zero-order valence-electron chi connectivity index (χ0n) is 18.3. The van der Waals surface area contributed by atoms with Crippen LogP contribution >= 0.6 is 11.3 Å². The number of aryl methyl sites for hydroxylation is 2. The SMILES string of the molecule is COc1ccc(C)c2sc(N(CCCN(C)C)C(=O)COc3cccc(C)c3)nc12. The Morgan fingerprint density at radius 1 is 1.13 bits per heavy atom. The van der Waals surface area contributed by atoms with E-state index in [1.807, 2.05) is 64.3 Å². The van der Waals surface area contributed by atoms with Gasteiger partial charge in [0.1, 0.15) is 17.0 Å². The number of rotatable bonds is 9. The maximum Gasteiger partial charge on any atom is 0.266 e. The topological polar surface area (TPSA) is 54.9 Å². The first kappa shape index (κ1) is 22.1. The maximum atomic E-state index is 13.1. The predicted octanol–water partition coefficient (Wildman–Crippen LogP) is 4.29. The van der Waals surface area contributed by atoms with E-state index in [0.29, 0.717) is 17.4 Å². The highest BCUT2D eigenvalue weighted by Gasteiger charge is 2.22. The summed E-state index contributed by atoms with van der Waals surface area (Å²) in [5.74, 6) is 1.30. The minimum Gasteiger partial charge on any atom is -0.494 e. The number of nitrogens with zero attached hydrogens (tertiary/aromatic N) is 3. The van der Waals surface area contributed by atoms with E-state index in [0.717, 1.165) is 40.1 Å². The molecule has 3 aromatic rings. The van der Waals surface area contributed by atoms with E-state index in [4.69, 9.17) is 14.5 Å². The Bertz CT molecular complexity index is 1020. The number of benzene rings is 2. The van der Waals surface area contributed by atoms with Gasteiger partial charge in [-0.05, 0) is 70.2 Å². The summed E-state index contributed by atoms with van der Waals surface area (Å²) < 4.78 is 12.3. The summed E-state index contributed by atoms with van der Waals surface area (Å²) >= 11 is 1.52. The molecule has 30 heavy (non-hydrogen) atoms. The Labute approximate surface area is 182 Å². The van der Waals surface area contributed by atoms with E-state index >= 15 is 0 Å². The number of amides is 1. The van der Waals surface area contributed by atoms with Gasteiger partial charge >= 0.3 is 0 Å². The first-order valence-corrected chi connectivity index (χ1v) is 10.8. The lowest BCUT2D eigenvalue weighted by Gasteiger charge is -2.21. The number of aromatic nitrogens is 1. The van der Waals surface area contributed by atoms with Crippen molar-refractivity contribution < 1.29 is 14.3 Å². The van der Waals surface area contributed by atoms with Crippen LogP contribution < -0.4 is 14.4 Å². The summed E-state index contributed by atoms with van der Waals surface area (Å²) in [4.78, 5) is 21.7. The van der Waals surface area contributed by atoms with Gasteiger partial charge in [-0.25, -0.2) is 4.98 Å². The van der Waals surface area contributed by atoms with Gasteiger partial charge in [-0.2, -0.15) is 0 Å². The van der Waals surface area contributed by atoms with Gasteiger partial charge < -0.3 is 14.4 Å². The van der Waals surface area contributed by atoms with Crippen LogP contribution in [0.4, 0.5) is 5.13 Å². The molecule has 1 aromatic heterocycles. The van der Waals surface area contributed by atoms with Gasteiger partial charge in [-0.1, -0.05) is 29.5 Å². The molecule has 1 heterocycles. The average molecular weight is 428 g/mol. The van der Waals surface area contributed by atoms with Crippen molar-refractivity contribution in [3.05, 3.63) is 47.5 Å². The molecule has 1 amide bonds.